The molecule has 7 heteroatoms. The smallest absolute Gasteiger partial charge is 0.790 e. The zero-order chi connectivity index (χ0) is 16.8. The van der Waals surface area contributed by atoms with Crippen molar-refractivity contribution >= 4 is 7.82 Å². The normalized spacial score (nSPS) is 10.8. The van der Waals surface area contributed by atoms with E-state index < -0.39 is 7.82 Å². The molecule has 4 nitrogen and oxygen atoms in total. The third kappa shape index (κ3) is 20.5. The van der Waals surface area contributed by atoms with Crippen LogP contribution in [-0.4, -0.2) is 6.61 Å². The molecule has 0 fully saturated rings. The number of benzene rings is 1. The molecule has 0 saturated heterocycles. The Morgan fingerprint density at radius 3 is 1.68 bits per heavy atom. The van der Waals surface area contributed by atoms with Crippen LogP contribution in [-0.2, 0) is 15.5 Å². The van der Waals surface area contributed by atoms with E-state index in [0.717, 1.165) is 12.8 Å². The molecule has 0 aliphatic rings. The SMILES string of the molecule is O=P([O-])([O-])OCCCCCCCCCCCCc1ccccc1.[K+].[Na+]. The first kappa shape index (κ1) is 29.2. The molecule has 0 aliphatic heterocycles. The van der Waals surface area contributed by atoms with Gasteiger partial charge < -0.3 is 18.9 Å². The van der Waals surface area contributed by atoms with E-state index in [0.29, 0.717) is 6.42 Å². The predicted molar refractivity (Wildman–Crippen MR) is 89.9 cm³/mol. The van der Waals surface area contributed by atoms with Crippen LogP contribution in [0.4, 0.5) is 0 Å². The number of phosphoric acid groups is 1. The molecule has 25 heavy (non-hydrogen) atoms. The summed E-state index contributed by atoms with van der Waals surface area (Å²) in [6, 6.07) is 10.6. The largest absolute Gasteiger partial charge is 1.00 e. The zero-order valence-corrected chi connectivity index (χ0v) is 22.0. The van der Waals surface area contributed by atoms with E-state index in [1.165, 1.54) is 56.9 Å². The molecule has 0 saturated carbocycles. The van der Waals surface area contributed by atoms with Crippen LogP contribution in [0.2, 0.25) is 0 Å². The van der Waals surface area contributed by atoms with Crippen LogP contribution in [0.5, 0.6) is 0 Å². The van der Waals surface area contributed by atoms with Crippen molar-refractivity contribution in [2.24, 2.45) is 0 Å². The van der Waals surface area contributed by atoms with Crippen molar-refractivity contribution in [3.8, 4) is 0 Å². The topological polar surface area (TPSA) is 72.4 Å². The van der Waals surface area contributed by atoms with Crippen molar-refractivity contribution in [1.29, 1.82) is 0 Å². The summed E-state index contributed by atoms with van der Waals surface area (Å²) in [5.41, 5.74) is 1.43. The minimum atomic E-state index is -4.77. The molecule has 1 aromatic carbocycles. The van der Waals surface area contributed by atoms with Gasteiger partial charge in [-0.3, -0.25) is 0 Å². The second-order valence-electron chi connectivity index (χ2n) is 6.05. The fraction of sp³-hybridized carbons (Fsp3) is 0.667. The third-order valence-electron chi connectivity index (χ3n) is 3.95. The summed E-state index contributed by atoms with van der Waals surface area (Å²) in [5.74, 6) is 0. The minimum Gasteiger partial charge on any atom is -0.790 e. The summed E-state index contributed by atoms with van der Waals surface area (Å²) in [7, 11) is -4.77. The van der Waals surface area contributed by atoms with Crippen LogP contribution in [0.1, 0.15) is 69.8 Å². The molecular formula is C18H29KNaO4P. The van der Waals surface area contributed by atoms with Crippen molar-refractivity contribution in [1.82, 2.24) is 0 Å². The van der Waals surface area contributed by atoms with Crippen molar-refractivity contribution in [2.75, 3.05) is 6.61 Å². The summed E-state index contributed by atoms with van der Waals surface area (Å²) >= 11 is 0. The molecule has 1 aromatic rings. The van der Waals surface area contributed by atoms with E-state index in [-0.39, 0.29) is 87.5 Å². The Morgan fingerprint density at radius 2 is 1.20 bits per heavy atom. The van der Waals surface area contributed by atoms with E-state index in [1.807, 2.05) is 0 Å². The molecule has 0 spiro atoms. The number of hydrogen-bond donors (Lipinski definition) is 0. The molecule has 0 unspecified atom stereocenters. The van der Waals surface area contributed by atoms with Gasteiger partial charge in [0.25, 0.3) is 0 Å². The zero-order valence-electron chi connectivity index (χ0n) is 16.0. The van der Waals surface area contributed by atoms with Crippen LogP contribution in [0.3, 0.4) is 0 Å². The maximum atomic E-state index is 10.2. The van der Waals surface area contributed by atoms with Gasteiger partial charge in [0.15, 0.2) is 0 Å². The number of aryl methyl sites for hydroxylation is 1. The van der Waals surface area contributed by atoms with E-state index in [9.17, 15) is 14.4 Å². The Kier molecular flexibility index (Phi) is 22.5. The number of unbranched alkanes of at least 4 members (excludes halogenated alkanes) is 9. The first-order valence-electron chi connectivity index (χ1n) is 8.78. The molecule has 0 bridgehead atoms. The standard InChI is InChI=1S/C18H31O4P.K.Na/c19-23(20,21)22-17-13-8-6-4-2-1-3-5-7-10-14-18-15-11-9-12-16-18;;/h9,11-12,15-16H,1-8,10,13-14,17H2,(H2,19,20,21);;/q;2*+1/p-2. The minimum absolute atomic E-state index is 0. The predicted octanol–water partition coefficient (Wildman–Crippen LogP) is -2.02. The van der Waals surface area contributed by atoms with Gasteiger partial charge in [-0.05, 0) is 24.8 Å². The number of hydrogen-bond acceptors (Lipinski definition) is 4. The van der Waals surface area contributed by atoms with Crippen molar-refractivity contribution < 1.29 is 99.8 Å². The Morgan fingerprint density at radius 1 is 0.760 bits per heavy atom. The summed E-state index contributed by atoms with van der Waals surface area (Å²) in [4.78, 5) is 20.5. The summed E-state index contributed by atoms with van der Waals surface area (Å²) in [6.45, 7) is 0.0334. The van der Waals surface area contributed by atoms with E-state index in [4.69, 9.17) is 0 Å². The van der Waals surface area contributed by atoms with Crippen LogP contribution in [0, 0.1) is 0 Å². The van der Waals surface area contributed by atoms with Crippen LogP contribution < -0.4 is 90.7 Å². The average Bonchev–Trinajstić information content (AvgIpc) is 2.52. The van der Waals surface area contributed by atoms with E-state index in [2.05, 4.69) is 34.9 Å². The van der Waals surface area contributed by atoms with Crippen molar-refractivity contribution in [3.05, 3.63) is 35.9 Å². The maximum Gasteiger partial charge on any atom is 1.00 e. The van der Waals surface area contributed by atoms with E-state index >= 15 is 0 Å². The van der Waals surface area contributed by atoms with Crippen molar-refractivity contribution in [2.45, 2.75) is 70.6 Å². The molecule has 0 aromatic heterocycles. The monoisotopic (exact) mass is 402 g/mol. The van der Waals surface area contributed by atoms with Gasteiger partial charge in [0.1, 0.15) is 0 Å². The van der Waals surface area contributed by atoms with Crippen LogP contribution >= 0.6 is 7.82 Å². The molecule has 0 N–H and O–H groups in total. The summed E-state index contributed by atoms with van der Waals surface area (Å²) in [5, 5.41) is 0. The molecule has 0 atom stereocenters. The quantitative estimate of drug-likeness (QED) is 0.205. The van der Waals surface area contributed by atoms with Crippen molar-refractivity contribution in [3.63, 3.8) is 0 Å². The van der Waals surface area contributed by atoms with Gasteiger partial charge in [0.05, 0.1) is 14.4 Å². The van der Waals surface area contributed by atoms with Gasteiger partial charge >= 0.3 is 80.9 Å². The number of phosphoric ester groups is 1. The van der Waals surface area contributed by atoms with Crippen LogP contribution in [0.15, 0.2) is 30.3 Å². The van der Waals surface area contributed by atoms with Gasteiger partial charge in [-0.2, -0.15) is 0 Å². The maximum absolute atomic E-state index is 10.2. The fourth-order valence-corrected chi connectivity index (χ4v) is 3.02. The Bertz CT molecular complexity index is 442. The van der Waals surface area contributed by atoms with Gasteiger partial charge in [-0.15, -0.1) is 0 Å². The third-order valence-corrected chi connectivity index (χ3v) is 4.45. The van der Waals surface area contributed by atoms with Gasteiger partial charge in [0, 0.05) is 0 Å². The first-order valence-corrected chi connectivity index (χ1v) is 10.2. The summed E-state index contributed by atoms with van der Waals surface area (Å²) in [6.07, 6.45) is 12.7. The van der Waals surface area contributed by atoms with Crippen LogP contribution in [0.25, 0.3) is 0 Å². The average molecular weight is 402 g/mol. The molecule has 0 heterocycles. The first-order chi connectivity index (χ1) is 11.1. The fourth-order valence-electron chi connectivity index (χ4n) is 2.67. The molecule has 0 amide bonds. The number of rotatable bonds is 14. The van der Waals surface area contributed by atoms with Gasteiger partial charge in [0.2, 0.25) is 0 Å². The second kappa shape index (κ2) is 19.3. The van der Waals surface area contributed by atoms with E-state index in [1.54, 1.807) is 0 Å². The molecule has 1 rings (SSSR count). The molecule has 0 radical (unpaired) electrons. The summed E-state index contributed by atoms with van der Waals surface area (Å²) < 4.78 is 14.4. The molecular weight excluding hydrogens is 373 g/mol. The molecule has 0 aliphatic carbocycles. The Labute approximate surface area is 217 Å². The Balaban J connectivity index is 0. The van der Waals surface area contributed by atoms with Gasteiger partial charge in [-0.1, -0.05) is 81.7 Å². The Hall–Kier alpha value is 1.97. The second-order valence-corrected chi connectivity index (χ2v) is 7.20. The van der Waals surface area contributed by atoms with Gasteiger partial charge in [-0.25, -0.2) is 0 Å². The molecule has 132 valence electrons.